The van der Waals surface area contributed by atoms with Gasteiger partial charge in [-0.05, 0) is 65.3 Å². The third-order valence-corrected chi connectivity index (χ3v) is 2.88. The number of carboxylic acid groups (broad SMARTS) is 1. The highest BCUT2D eigenvalue weighted by molar-refractivity contribution is 5.90. The molecule has 158 valence electrons. The molecule has 0 saturated heterocycles. The van der Waals surface area contributed by atoms with E-state index in [2.05, 4.69) is 10.6 Å². The maximum atomic E-state index is 12.1. The lowest BCUT2D eigenvalue weighted by Crippen LogP contribution is -2.28. The van der Waals surface area contributed by atoms with Gasteiger partial charge in [-0.2, -0.15) is 0 Å². The van der Waals surface area contributed by atoms with Gasteiger partial charge in [0.25, 0.3) is 0 Å². The van der Waals surface area contributed by atoms with Crippen molar-refractivity contribution in [2.45, 2.75) is 52.7 Å². The quantitative estimate of drug-likeness (QED) is 0.468. The van der Waals surface area contributed by atoms with Gasteiger partial charge in [-0.3, -0.25) is 10.6 Å². The largest absolute Gasteiger partial charge is 0.478 e. The van der Waals surface area contributed by atoms with Crippen LogP contribution in [-0.4, -0.2) is 34.5 Å². The van der Waals surface area contributed by atoms with Gasteiger partial charge in [0.15, 0.2) is 0 Å². The molecule has 0 bridgehead atoms. The van der Waals surface area contributed by atoms with Crippen LogP contribution in [-0.2, 0) is 14.3 Å². The fourth-order valence-electron chi connectivity index (χ4n) is 2.04. The Balaban J connectivity index is 3.09. The van der Waals surface area contributed by atoms with E-state index in [4.69, 9.17) is 14.6 Å². The number of carbonyl (C=O) groups is 3. The highest BCUT2D eigenvalue weighted by Crippen LogP contribution is 2.22. The van der Waals surface area contributed by atoms with E-state index in [0.717, 1.165) is 6.08 Å². The molecule has 1 aromatic rings. The van der Waals surface area contributed by atoms with E-state index in [9.17, 15) is 14.4 Å². The number of ether oxygens (including phenoxy) is 2. The normalized spacial score (nSPS) is 12.1. The Morgan fingerprint density at radius 1 is 0.828 bits per heavy atom. The Morgan fingerprint density at radius 2 is 1.28 bits per heavy atom. The molecule has 0 aliphatic rings. The molecule has 0 atom stereocenters. The predicted molar refractivity (Wildman–Crippen MR) is 112 cm³/mol. The summed E-state index contributed by atoms with van der Waals surface area (Å²) in [7, 11) is 0. The maximum absolute atomic E-state index is 12.1. The number of hydrogen-bond acceptors (Lipinski definition) is 5. The van der Waals surface area contributed by atoms with Crippen LogP contribution < -0.4 is 10.6 Å². The minimum atomic E-state index is -1.07. The summed E-state index contributed by atoms with van der Waals surface area (Å²) in [6, 6.07) is 4.85. The Hall–Kier alpha value is -3.29. The molecule has 0 aliphatic carbocycles. The molecule has 0 heterocycles. The molecule has 0 aromatic heterocycles. The zero-order chi connectivity index (χ0) is 22.2. The lowest BCUT2D eigenvalue weighted by molar-refractivity contribution is -0.131. The molecule has 0 unspecified atom stereocenters. The summed E-state index contributed by atoms with van der Waals surface area (Å²) in [6.45, 7) is 10.5. The predicted octanol–water partition coefficient (Wildman–Crippen LogP) is 5.03. The molecular formula is C21H28N2O6. The lowest BCUT2D eigenvalue weighted by atomic mass is 10.1. The minimum Gasteiger partial charge on any atom is -0.478 e. The molecule has 29 heavy (non-hydrogen) atoms. The summed E-state index contributed by atoms with van der Waals surface area (Å²) >= 11 is 0. The van der Waals surface area contributed by atoms with Crippen molar-refractivity contribution in [2.75, 3.05) is 10.6 Å². The van der Waals surface area contributed by atoms with Gasteiger partial charge in [0.05, 0.1) is 0 Å². The number of anilines is 2. The van der Waals surface area contributed by atoms with Crippen LogP contribution in [0.2, 0.25) is 0 Å². The average molecular weight is 404 g/mol. The zero-order valence-electron chi connectivity index (χ0n) is 17.5. The van der Waals surface area contributed by atoms with Crippen LogP contribution in [0.15, 0.2) is 36.4 Å². The van der Waals surface area contributed by atoms with Crippen LogP contribution in [0.25, 0.3) is 6.08 Å². The number of carbonyl (C=O) groups excluding carboxylic acids is 2. The number of carboxylic acids is 1. The van der Waals surface area contributed by atoms with Crippen molar-refractivity contribution >= 4 is 35.6 Å². The van der Waals surface area contributed by atoms with Crippen molar-refractivity contribution in [3.63, 3.8) is 0 Å². The smallest absolute Gasteiger partial charge is 0.412 e. The highest BCUT2D eigenvalue weighted by Gasteiger charge is 2.18. The second kappa shape index (κ2) is 9.77. The van der Waals surface area contributed by atoms with Gasteiger partial charge in [0, 0.05) is 17.5 Å². The summed E-state index contributed by atoms with van der Waals surface area (Å²) in [5.41, 5.74) is 0.0470. The van der Waals surface area contributed by atoms with Crippen molar-refractivity contribution in [3.8, 4) is 0 Å². The van der Waals surface area contributed by atoms with Gasteiger partial charge in [-0.25, -0.2) is 14.4 Å². The fraction of sp³-hybridized carbons (Fsp3) is 0.381. The molecule has 3 N–H and O–H groups in total. The van der Waals surface area contributed by atoms with Gasteiger partial charge >= 0.3 is 18.2 Å². The number of hydrogen-bond donors (Lipinski definition) is 3. The SMILES string of the molecule is CC(C)(C)OC(=O)Nc1cc(C=CC=CC(=O)O)cc(NC(=O)OC(C)(C)C)c1. The van der Waals surface area contributed by atoms with Gasteiger partial charge in [-0.15, -0.1) is 0 Å². The van der Waals surface area contributed by atoms with E-state index in [-0.39, 0.29) is 0 Å². The van der Waals surface area contributed by atoms with Gasteiger partial charge in [0.2, 0.25) is 0 Å². The number of benzene rings is 1. The Labute approximate surface area is 170 Å². The maximum Gasteiger partial charge on any atom is 0.412 e. The van der Waals surface area contributed by atoms with E-state index in [1.807, 2.05) is 0 Å². The first kappa shape index (κ1) is 23.7. The Bertz CT molecular complexity index is 765. The van der Waals surface area contributed by atoms with Gasteiger partial charge in [-0.1, -0.05) is 18.2 Å². The molecule has 8 nitrogen and oxygen atoms in total. The molecule has 0 spiro atoms. The molecule has 0 fully saturated rings. The fourth-order valence-corrected chi connectivity index (χ4v) is 2.04. The van der Waals surface area contributed by atoms with Crippen molar-refractivity contribution in [2.24, 2.45) is 0 Å². The van der Waals surface area contributed by atoms with Crippen molar-refractivity contribution in [1.82, 2.24) is 0 Å². The minimum absolute atomic E-state index is 0.384. The third-order valence-electron chi connectivity index (χ3n) is 2.88. The molecule has 0 saturated carbocycles. The summed E-state index contributed by atoms with van der Waals surface area (Å²) in [4.78, 5) is 34.7. The van der Waals surface area contributed by atoms with E-state index < -0.39 is 29.4 Å². The van der Waals surface area contributed by atoms with Crippen LogP contribution >= 0.6 is 0 Å². The Kier molecular flexibility index (Phi) is 8.00. The van der Waals surface area contributed by atoms with Crippen LogP contribution in [0, 0.1) is 0 Å². The molecule has 8 heteroatoms. The van der Waals surface area contributed by atoms with Crippen molar-refractivity contribution in [1.29, 1.82) is 0 Å². The lowest BCUT2D eigenvalue weighted by Gasteiger charge is -2.21. The van der Waals surface area contributed by atoms with Crippen molar-refractivity contribution in [3.05, 3.63) is 42.0 Å². The van der Waals surface area contributed by atoms with E-state index in [0.29, 0.717) is 16.9 Å². The van der Waals surface area contributed by atoms with Gasteiger partial charge in [0.1, 0.15) is 11.2 Å². The molecular weight excluding hydrogens is 376 g/mol. The molecule has 1 rings (SSSR count). The first-order chi connectivity index (χ1) is 13.2. The van der Waals surface area contributed by atoms with Crippen molar-refractivity contribution < 1.29 is 29.0 Å². The average Bonchev–Trinajstić information content (AvgIpc) is 2.47. The topological polar surface area (TPSA) is 114 Å². The monoisotopic (exact) mass is 404 g/mol. The second-order valence-electron chi connectivity index (χ2n) is 8.15. The number of aliphatic carboxylic acids is 1. The van der Waals surface area contributed by atoms with Gasteiger partial charge < -0.3 is 14.6 Å². The summed E-state index contributed by atoms with van der Waals surface area (Å²) in [5, 5.41) is 13.9. The van der Waals surface area contributed by atoms with Crippen LogP contribution in [0.1, 0.15) is 47.1 Å². The Morgan fingerprint density at radius 3 is 1.66 bits per heavy atom. The van der Waals surface area contributed by atoms with Crippen LogP contribution in [0.5, 0.6) is 0 Å². The second-order valence-corrected chi connectivity index (χ2v) is 8.15. The zero-order valence-corrected chi connectivity index (χ0v) is 17.5. The summed E-state index contributed by atoms with van der Waals surface area (Å²) in [5.74, 6) is -1.07. The van der Waals surface area contributed by atoms with Crippen LogP contribution in [0.3, 0.4) is 0 Å². The first-order valence-corrected chi connectivity index (χ1v) is 8.96. The number of rotatable bonds is 5. The highest BCUT2D eigenvalue weighted by atomic mass is 16.6. The number of allylic oxidation sites excluding steroid dienone is 2. The van der Waals surface area contributed by atoms with E-state index >= 15 is 0 Å². The summed E-state index contributed by atoms with van der Waals surface area (Å²) < 4.78 is 10.5. The number of nitrogens with one attached hydrogen (secondary N) is 2. The van der Waals surface area contributed by atoms with Crippen LogP contribution in [0.4, 0.5) is 21.0 Å². The van der Waals surface area contributed by atoms with E-state index in [1.165, 1.54) is 12.2 Å². The molecule has 0 aliphatic heterocycles. The third kappa shape index (κ3) is 11.2. The molecule has 2 amide bonds. The molecule has 1 aromatic carbocycles. The summed E-state index contributed by atoms with van der Waals surface area (Å²) in [6.07, 6.45) is 4.20. The molecule has 0 radical (unpaired) electrons. The number of amides is 2. The standard InChI is InChI=1S/C21H28N2O6/c1-20(2,3)28-18(26)22-15-11-14(9-7-8-10-17(24)25)12-16(13-15)23-19(27)29-21(4,5)6/h7-13H,1-6H3,(H,22,26)(H,23,27)(H,24,25). The first-order valence-electron chi connectivity index (χ1n) is 8.96. The van der Waals surface area contributed by atoms with E-state index in [1.54, 1.807) is 65.8 Å².